The summed E-state index contributed by atoms with van der Waals surface area (Å²) in [5.74, 6) is 1.50. The zero-order chi connectivity index (χ0) is 13.1. The first kappa shape index (κ1) is 13.4. The standard InChI is InChI=1S/C15H24N2O/c1-11(2)12-7-8-17(9-12)10-15(18)13-5-3-4-6-14(13)16/h3-6,11-12,15,18H,7-10,16H2,1-2H3. The summed E-state index contributed by atoms with van der Waals surface area (Å²) in [7, 11) is 0. The molecule has 1 aliphatic rings. The van der Waals surface area contributed by atoms with Crippen LogP contribution >= 0.6 is 0 Å². The number of hydrogen-bond acceptors (Lipinski definition) is 3. The summed E-state index contributed by atoms with van der Waals surface area (Å²) < 4.78 is 0. The van der Waals surface area contributed by atoms with Gasteiger partial charge in [0.1, 0.15) is 0 Å². The highest BCUT2D eigenvalue weighted by Crippen LogP contribution is 2.27. The number of anilines is 1. The molecule has 0 spiro atoms. The van der Waals surface area contributed by atoms with Crippen molar-refractivity contribution in [1.82, 2.24) is 4.90 Å². The third-order valence-electron chi connectivity index (χ3n) is 4.04. The van der Waals surface area contributed by atoms with Crippen molar-refractivity contribution in [1.29, 1.82) is 0 Å². The molecule has 0 aromatic heterocycles. The van der Waals surface area contributed by atoms with E-state index in [2.05, 4.69) is 18.7 Å². The van der Waals surface area contributed by atoms with Crippen molar-refractivity contribution in [2.24, 2.45) is 11.8 Å². The zero-order valence-electron chi connectivity index (χ0n) is 11.3. The van der Waals surface area contributed by atoms with Gasteiger partial charge in [0.05, 0.1) is 6.10 Å². The fourth-order valence-electron chi connectivity index (χ4n) is 2.73. The number of aliphatic hydroxyl groups is 1. The number of nitrogens with zero attached hydrogens (tertiary/aromatic N) is 1. The third kappa shape index (κ3) is 3.03. The fraction of sp³-hybridized carbons (Fsp3) is 0.600. The Bertz CT molecular complexity index is 392. The average Bonchev–Trinajstić information content (AvgIpc) is 2.78. The second-order valence-corrected chi connectivity index (χ2v) is 5.70. The molecule has 1 aromatic rings. The maximum Gasteiger partial charge on any atom is 0.0936 e. The summed E-state index contributed by atoms with van der Waals surface area (Å²) in [5.41, 5.74) is 7.43. The number of para-hydroxylation sites is 1. The SMILES string of the molecule is CC(C)C1CCN(CC(O)c2ccccc2N)C1. The van der Waals surface area contributed by atoms with E-state index >= 15 is 0 Å². The minimum Gasteiger partial charge on any atom is -0.398 e. The summed E-state index contributed by atoms with van der Waals surface area (Å²) >= 11 is 0. The van der Waals surface area contributed by atoms with Gasteiger partial charge in [-0.1, -0.05) is 32.0 Å². The van der Waals surface area contributed by atoms with Gasteiger partial charge in [-0.15, -0.1) is 0 Å². The van der Waals surface area contributed by atoms with Crippen molar-refractivity contribution < 1.29 is 5.11 Å². The summed E-state index contributed by atoms with van der Waals surface area (Å²) in [4.78, 5) is 2.35. The number of likely N-dealkylation sites (tertiary alicyclic amines) is 1. The summed E-state index contributed by atoms with van der Waals surface area (Å²) in [6.45, 7) is 7.44. The Hall–Kier alpha value is -1.06. The molecule has 2 rings (SSSR count). The normalized spacial score (nSPS) is 22.6. The highest BCUT2D eigenvalue weighted by atomic mass is 16.3. The maximum atomic E-state index is 10.3. The van der Waals surface area contributed by atoms with Gasteiger partial charge < -0.3 is 15.7 Å². The number of rotatable bonds is 4. The van der Waals surface area contributed by atoms with Crippen LogP contribution in [0.5, 0.6) is 0 Å². The van der Waals surface area contributed by atoms with Gasteiger partial charge in [0.2, 0.25) is 0 Å². The maximum absolute atomic E-state index is 10.3. The predicted molar refractivity (Wildman–Crippen MR) is 75.2 cm³/mol. The lowest BCUT2D eigenvalue weighted by atomic mass is 9.95. The van der Waals surface area contributed by atoms with Crippen LogP contribution in [-0.2, 0) is 0 Å². The quantitative estimate of drug-likeness (QED) is 0.804. The van der Waals surface area contributed by atoms with E-state index in [0.717, 1.165) is 30.5 Å². The fourth-order valence-corrected chi connectivity index (χ4v) is 2.73. The van der Waals surface area contributed by atoms with Crippen LogP contribution in [0.15, 0.2) is 24.3 Å². The first-order valence-electron chi connectivity index (χ1n) is 6.82. The number of nitrogens with two attached hydrogens (primary N) is 1. The second-order valence-electron chi connectivity index (χ2n) is 5.70. The van der Waals surface area contributed by atoms with Crippen LogP contribution in [0.1, 0.15) is 31.9 Å². The molecule has 3 heteroatoms. The van der Waals surface area contributed by atoms with Crippen LogP contribution < -0.4 is 5.73 Å². The average molecular weight is 248 g/mol. The molecule has 1 aromatic carbocycles. The molecule has 0 bridgehead atoms. The Labute approximate surface area is 110 Å². The van der Waals surface area contributed by atoms with E-state index in [4.69, 9.17) is 5.73 Å². The van der Waals surface area contributed by atoms with E-state index in [1.807, 2.05) is 24.3 Å². The van der Waals surface area contributed by atoms with Crippen molar-refractivity contribution in [3.8, 4) is 0 Å². The van der Waals surface area contributed by atoms with Crippen LogP contribution in [0.3, 0.4) is 0 Å². The third-order valence-corrected chi connectivity index (χ3v) is 4.04. The van der Waals surface area contributed by atoms with E-state index in [9.17, 15) is 5.11 Å². The molecule has 0 radical (unpaired) electrons. The molecule has 2 unspecified atom stereocenters. The molecule has 2 atom stereocenters. The molecular weight excluding hydrogens is 224 g/mol. The van der Waals surface area contributed by atoms with Gasteiger partial charge in [-0.3, -0.25) is 0 Å². The Morgan fingerprint density at radius 1 is 1.39 bits per heavy atom. The van der Waals surface area contributed by atoms with E-state index < -0.39 is 6.10 Å². The number of hydrogen-bond donors (Lipinski definition) is 2. The molecule has 1 saturated heterocycles. The van der Waals surface area contributed by atoms with Gasteiger partial charge in [0, 0.05) is 24.3 Å². The Balaban J connectivity index is 1.93. The molecule has 0 saturated carbocycles. The molecule has 18 heavy (non-hydrogen) atoms. The van der Waals surface area contributed by atoms with Gasteiger partial charge in [-0.05, 0) is 30.9 Å². The van der Waals surface area contributed by atoms with E-state index in [0.29, 0.717) is 12.2 Å². The van der Waals surface area contributed by atoms with Crippen molar-refractivity contribution in [2.75, 3.05) is 25.4 Å². The number of benzene rings is 1. The monoisotopic (exact) mass is 248 g/mol. The molecule has 3 N–H and O–H groups in total. The largest absolute Gasteiger partial charge is 0.398 e. The van der Waals surface area contributed by atoms with Crippen LogP contribution in [0.25, 0.3) is 0 Å². The van der Waals surface area contributed by atoms with Gasteiger partial charge >= 0.3 is 0 Å². The molecule has 3 nitrogen and oxygen atoms in total. The molecule has 1 heterocycles. The Kier molecular flexibility index (Phi) is 4.25. The first-order chi connectivity index (χ1) is 8.58. The summed E-state index contributed by atoms with van der Waals surface area (Å²) in [6, 6.07) is 7.58. The molecule has 1 fully saturated rings. The van der Waals surface area contributed by atoms with Crippen LogP contribution in [0, 0.1) is 11.8 Å². The van der Waals surface area contributed by atoms with Crippen molar-refractivity contribution in [2.45, 2.75) is 26.4 Å². The van der Waals surface area contributed by atoms with Gasteiger partial charge in [0.15, 0.2) is 0 Å². The topological polar surface area (TPSA) is 49.5 Å². The van der Waals surface area contributed by atoms with Crippen molar-refractivity contribution in [3.63, 3.8) is 0 Å². The number of β-amino-alcohol motifs (C(OH)–C–C–N with tert-alkyl or cyclic N) is 1. The smallest absolute Gasteiger partial charge is 0.0936 e. The lowest BCUT2D eigenvalue weighted by Crippen LogP contribution is -2.27. The predicted octanol–water partition coefficient (Wildman–Crippen LogP) is 2.28. The van der Waals surface area contributed by atoms with Crippen molar-refractivity contribution >= 4 is 5.69 Å². The van der Waals surface area contributed by atoms with Crippen LogP contribution in [0.4, 0.5) is 5.69 Å². The summed E-state index contributed by atoms with van der Waals surface area (Å²) in [5, 5.41) is 10.3. The highest BCUT2D eigenvalue weighted by molar-refractivity contribution is 5.47. The molecular formula is C15H24N2O. The van der Waals surface area contributed by atoms with Gasteiger partial charge in [-0.25, -0.2) is 0 Å². The first-order valence-corrected chi connectivity index (χ1v) is 6.82. The number of aliphatic hydroxyl groups excluding tert-OH is 1. The lowest BCUT2D eigenvalue weighted by molar-refractivity contribution is 0.123. The second kappa shape index (κ2) is 5.72. The molecule has 1 aliphatic heterocycles. The summed E-state index contributed by atoms with van der Waals surface area (Å²) in [6.07, 6.45) is 0.770. The zero-order valence-corrected chi connectivity index (χ0v) is 11.3. The molecule has 0 amide bonds. The van der Waals surface area contributed by atoms with E-state index in [1.165, 1.54) is 6.42 Å². The van der Waals surface area contributed by atoms with E-state index in [1.54, 1.807) is 0 Å². The Morgan fingerprint density at radius 2 is 2.11 bits per heavy atom. The van der Waals surface area contributed by atoms with Crippen LogP contribution in [0.2, 0.25) is 0 Å². The molecule has 0 aliphatic carbocycles. The highest BCUT2D eigenvalue weighted by Gasteiger charge is 2.26. The van der Waals surface area contributed by atoms with Crippen molar-refractivity contribution in [3.05, 3.63) is 29.8 Å². The minimum atomic E-state index is -0.475. The van der Waals surface area contributed by atoms with Crippen LogP contribution in [-0.4, -0.2) is 29.6 Å². The number of nitrogen functional groups attached to an aromatic ring is 1. The Morgan fingerprint density at radius 3 is 2.72 bits per heavy atom. The van der Waals surface area contributed by atoms with Gasteiger partial charge in [0.25, 0.3) is 0 Å². The minimum absolute atomic E-state index is 0.475. The lowest BCUT2D eigenvalue weighted by Gasteiger charge is -2.22. The molecule has 100 valence electrons. The van der Waals surface area contributed by atoms with Gasteiger partial charge in [-0.2, -0.15) is 0 Å². The van der Waals surface area contributed by atoms with E-state index in [-0.39, 0.29) is 0 Å².